The molecule has 9 heteroatoms. The van der Waals surface area contributed by atoms with Gasteiger partial charge >= 0.3 is 12.0 Å². The van der Waals surface area contributed by atoms with Gasteiger partial charge in [0, 0.05) is 6.08 Å². The second-order valence-corrected chi connectivity index (χ2v) is 5.75. The molecule has 1 atom stereocenters. The van der Waals surface area contributed by atoms with Crippen LogP contribution in [0.1, 0.15) is 19.4 Å². The Balaban J connectivity index is 2.96. The number of carbonyl (C=O) groups excluding carboxylic acids is 3. The van der Waals surface area contributed by atoms with Crippen LogP contribution < -0.4 is 25.3 Å². The number of esters is 1. The SMILES string of the molecule is COc1cc(/C=C/C(=O)O[C@H](C(=O)NC(N)=O)C(C)C)cc(OC)c1OC. The van der Waals surface area contributed by atoms with Crippen molar-refractivity contribution in [3.63, 3.8) is 0 Å². The minimum atomic E-state index is -1.16. The largest absolute Gasteiger partial charge is 0.493 e. The molecule has 1 rings (SSSR count). The van der Waals surface area contributed by atoms with Crippen molar-refractivity contribution in [1.29, 1.82) is 0 Å². The standard InChI is InChI=1S/C18H24N2O7/c1-10(2)15(17(22)20-18(19)23)27-14(21)7-6-11-8-12(24-3)16(26-5)13(9-11)25-4/h6-10,15H,1-5H3,(H3,19,20,22,23)/b7-6+/t15-/m0/s1. The average Bonchev–Trinajstić information content (AvgIpc) is 2.62. The first kappa shape index (κ1) is 21.8. The van der Waals surface area contributed by atoms with Crippen molar-refractivity contribution in [2.24, 2.45) is 11.7 Å². The number of imide groups is 1. The molecule has 9 nitrogen and oxygen atoms in total. The second-order valence-electron chi connectivity index (χ2n) is 5.75. The Morgan fingerprint density at radius 2 is 1.59 bits per heavy atom. The average molecular weight is 380 g/mol. The minimum Gasteiger partial charge on any atom is -0.493 e. The molecular formula is C18H24N2O7. The van der Waals surface area contributed by atoms with E-state index < -0.39 is 24.0 Å². The Kier molecular flexibility index (Phi) is 8.12. The number of nitrogens with two attached hydrogens (primary N) is 1. The molecule has 0 saturated carbocycles. The molecule has 0 spiro atoms. The van der Waals surface area contributed by atoms with Gasteiger partial charge in [0.15, 0.2) is 17.6 Å². The van der Waals surface area contributed by atoms with Gasteiger partial charge in [-0.1, -0.05) is 13.8 Å². The van der Waals surface area contributed by atoms with Crippen LogP contribution in [0.2, 0.25) is 0 Å². The molecule has 0 saturated heterocycles. The lowest BCUT2D eigenvalue weighted by Gasteiger charge is -2.18. The number of rotatable bonds is 8. The van der Waals surface area contributed by atoms with Crippen LogP contribution in [0.15, 0.2) is 18.2 Å². The Morgan fingerprint density at radius 3 is 2.00 bits per heavy atom. The van der Waals surface area contributed by atoms with E-state index in [0.29, 0.717) is 22.8 Å². The quantitative estimate of drug-likeness (QED) is 0.517. The Bertz CT molecular complexity index is 703. The first-order valence-electron chi connectivity index (χ1n) is 8.02. The molecule has 1 aromatic rings. The highest BCUT2D eigenvalue weighted by atomic mass is 16.5. The van der Waals surface area contributed by atoms with Crippen molar-refractivity contribution in [2.45, 2.75) is 20.0 Å². The van der Waals surface area contributed by atoms with Crippen LogP contribution >= 0.6 is 0 Å². The third kappa shape index (κ3) is 6.21. The minimum absolute atomic E-state index is 0.358. The number of hydrogen-bond donors (Lipinski definition) is 2. The molecule has 1 aromatic carbocycles. The van der Waals surface area contributed by atoms with Crippen molar-refractivity contribution >= 4 is 24.0 Å². The number of amides is 3. The molecule has 0 fully saturated rings. The number of ether oxygens (including phenoxy) is 4. The zero-order chi connectivity index (χ0) is 20.6. The zero-order valence-electron chi connectivity index (χ0n) is 15.9. The third-order valence-corrected chi connectivity index (χ3v) is 3.45. The first-order chi connectivity index (χ1) is 12.7. The lowest BCUT2D eigenvalue weighted by molar-refractivity contribution is -0.153. The fourth-order valence-corrected chi connectivity index (χ4v) is 2.21. The van der Waals surface area contributed by atoms with Crippen molar-refractivity contribution < 1.29 is 33.3 Å². The summed E-state index contributed by atoms with van der Waals surface area (Å²) in [6, 6.07) is 2.27. The van der Waals surface area contributed by atoms with Crippen LogP contribution in [-0.2, 0) is 14.3 Å². The molecule has 0 bridgehead atoms. The Labute approximate surface area is 157 Å². The highest BCUT2D eigenvalue weighted by molar-refractivity contribution is 5.97. The van der Waals surface area contributed by atoms with Gasteiger partial charge in [0.1, 0.15) is 0 Å². The number of methoxy groups -OCH3 is 3. The summed E-state index contributed by atoms with van der Waals surface area (Å²) in [7, 11) is 4.43. The lowest BCUT2D eigenvalue weighted by atomic mass is 10.1. The van der Waals surface area contributed by atoms with Crippen LogP contribution in [-0.4, -0.2) is 45.3 Å². The van der Waals surface area contributed by atoms with E-state index in [2.05, 4.69) is 0 Å². The lowest BCUT2D eigenvalue weighted by Crippen LogP contribution is -2.45. The third-order valence-electron chi connectivity index (χ3n) is 3.45. The monoisotopic (exact) mass is 380 g/mol. The zero-order valence-corrected chi connectivity index (χ0v) is 15.9. The molecule has 0 aromatic heterocycles. The van der Waals surface area contributed by atoms with Gasteiger partial charge in [-0.15, -0.1) is 0 Å². The van der Waals surface area contributed by atoms with E-state index in [9.17, 15) is 14.4 Å². The van der Waals surface area contributed by atoms with E-state index in [1.54, 1.807) is 26.0 Å². The normalized spacial score (nSPS) is 11.8. The molecule has 0 aliphatic rings. The van der Waals surface area contributed by atoms with Crippen molar-refractivity contribution in [2.75, 3.05) is 21.3 Å². The molecule has 0 aliphatic carbocycles. The summed E-state index contributed by atoms with van der Waals surface area (Å²) in [6.07, 6.45) is 1.46. The number of carbonyl (C=O) groups is 3. The van der Waals surface area contributed by atoms with Crippen LogP contribution in [0.4, 0.5) is 4.79 Å². The summed E-state index contributed by atoms with van der Waals surface area (Å²) in [6.45, 7) is 3.34. The Morgan fingerprint density at radius 1 is 1.04 bits per heavy atom. The number of urea groups is 1. The number of primary amides is 1. The fourth-order valence-electron chi connectivity index (χ4n) is 2.21. The van der Waals surface area contributed by atoms with Gasteiger partial charge in [-0.3, -0.25) is 10.1 Å². The molecule has 3 amide bonds. The maximum atomic E-state index is 12.1. The number of benzene rings is 1. The number of hydrogen-bond acceptors (Lipinski definition) is 7. The van der Waals surface area contributed by atoms with E-state index in [0.717, 1.165) is 6.08 Å². The Hall–Kier alpha value is -3.23. The van der Waals surface area contributed by atoms with Crippen LogP contribution in [0.3, 0.4) is 0 Å². The van der Waals surface area contributed by atoms with Gasteiger partial charge in [0.05, 0.1) is 21.3 Å². The topological polar surface area (TPSA) is 126 Å². The van der Waals surface area contributed by atoms with Crippen LogP contribution in [0.25, 0.3) is 6.08 Å². The molecule has 0 radical (unpaired) electrons. The van der Waals surface area contributed by atoms with E-state index in [1.165, 1.54) is 27.4 Å². The van der Waals surface area contributed by atoms with E-state index in [1.807, 2.05) is 5.32 Å². The van der Waals surface area contributed by atoms with Gasteiger partial charge in [-0.2, -0.15) is 0 Å². The summed E-state index contributed by atoms with van der Waals surface area (Å²) in [5.41, 5.74) is 5.50. The molecule has 27 heavy (non-hydrogen) atoms. The smallest absolute Gasteiger partial charge is 0.331 e. The van der Waals surface area contributed by atoms with E-state index in [-0.39, 0.29) is 5.92 Å². The summed E-state index contributed by atoms with van der Waals surface area (Å²) in [5.74, 6) is -0.642. The maximum Gasteiger partial charge on any atom is 0.331 e. The van der Waals surface area contributed by atoms with Crippen LogP contribution in [0.5, 0.6) is 17.2 Å². The van der Waals surface area contributed by atoms with Gasteiger partial charge in [0.2, 0.25) is 5.75 Å². The summed E-state index contributed by atoms with van der Waals surface area (Å²) in [4.78, 5) is 34.8. The summed E-state index contributed by atoms with van der Waals surface area (Å²) >= 11 is 0. The predicted molar refractivity (Wildman–Crippen MR) is 97.6 cm³/mol. The molecule has 0 aliphatic heterocycles. The fraction of sp³-hybridized carbons (Fsp3) is 0.389. The van der Waals surface area contributed by atoms with Gasteiger partial charge in [-0.25, -0.2) is 9.59 Å². The molecule has 0 unspecified atom stereocenters. The van der Waals surface area contributed by atoms with E-state index in [4.69, 9.17) is 24.7 Å². The molecule has 0 heterocycles. The van der Waals surface area contributed by atoms with E-state index >= 15 is 0 Å². The second kappa shape index (κ2) is 10.0. The highest BCUT2D eigenvalue weighted by Crippen LogP contribution is 2.38. The summed E-state index contributed by atoms with van der Waals surface area (Å²) < 4.78 is 20.8. The van der Waals surface area contributed by atoms with Crippen molar-refractivity contribution in [3.8, 4) is 17.2 Å². The molecule has 3 N–H and O–H groups in total. The van der Waals surface area contributed by atoms with Crippen LogP contribution in [0, 0.1) is 5.92 Å². The maximum absolute atomic E-state index is 12.1. The number of nitrogens with one attached hydrogen (secondary N) is 1. The first-order valence-corrected chi connectivity index (χ1v) is 8.02. The molecule has 148 valence electrons. The van der Waals surface area contributed by atoms with Gasteiger partial charge in [-0.05, 0) is 29.7 Å². The van der Waals surface area contributed by atoms with Gasteiger partial charge < -0.3 is 24.7 Å². The van der Waals surface area contributed by atoms with Crippen molar-refractivity contribution in [3.05, 3.63) is 23.8 Å². The van der Waals surface area contributed by atoms with Gasteiger partial charge in [0.25, 0.3) is 5.91 Å². The highest BCUT2D eigenvalue weighted by Gasteiger charge is 2.26. The predicted octanol–water partition coefficient (Wildman–Crippen LogP) is 1.49. The van der Waals surface area contributed by atoms with Crippen molar-refractivity contribution in [1.82, 2.24) is 5.32 Å². The summed E-state index contributed by atoms with van der Waals surface area (Å²) in [5, 5.41) is 1.90. The molecular weight excluding hydrogens is 356 g/mol.